The fraction of sp³-hybridized carbons (Fsp3) is 0.500. The van der Waals surface area contributed by atoms with Gasteiger partial charge in [-0.1, -0.05) is 11.6 Å². The van der Waals surface area contributed by atoms with Gasteiger partial charge < -0.3 is 5.01 Å². The summed E-state index contributed by atoms with van der Waals surface area (Å²) < 4.78 is 0. The van der Waals surface area contributed by atoms with Crippen molar-refractivity contribution in [1.29, 1.82) is 0 Å². The quantitative estimate of drug-likeness (QED) is 0.374. The van der Waals surface area contributed by atoms with Crippen LogP contribution in [0.25, 0.3) is 0 Å². The largest absolute Gasteiger partial charge is 0.301 e. The summed E-state index contributed by atoms with van der Waals surface area (Å²) in [6, 6.07) is 0. The molecule has 7 heavy (non-hydrogen) atoms. The van der Waals surface area contributed by atoms with Gasteiger partial charge in [0.25, 0.3) is 0 Å². The van der Waals surface area contributed by atoms with E-state index in [4.69, 9.17) is 17.4 Å². The van der Waals surface area contributed by atoms with Crippen molar-refractivity contribution in [2.45, 2.75) is 6.42 Å². The van der Waals surface area contributed by atoms with Gasteiger partial charge in [-0.3, -0.25) is 0 Å². The van der Waals surface area contributed by atoms with Gasteiger partial charge in [0.2, 0.25) is 0 Å². The summed E-state index contributed by atoms with van der Waals surface area (Å²) in [7, 11) is 0. The van der Waals surface area contributed by atoms with E-state index in [-0.39, 0.29) is 0 Å². The molecular weight excluding hydrogens is 112 g/mol. The third-order valence-corrected chi connectivity index (χ3v) is 1.33. The molecule has 0 radical (unpaired) electrons. The van der Waals surface area contributed by atoms with E-state index in [2.05, 4.69) is 0 Å². The van der Waals surface area contributed by atoms with E-state index >= 15 is 0 Å². The highest BCUT2D eigenvalue weighted by Crippen LogP contribution is 2.12. The molecule has 3 heteroatoms. The molecule has 1 aliphatic heterocycles. The van der Waals surface area contributed by atoms with Gasteiger partial charge in [0.15, 0.2) is 0 Å². The van der Waals surface area contributed by atoms with Crippen LogP contribution in [0.5, 0.6) is 0 Å². The molecular formula is C4H7ClN2. The average molecular weight is 119 g/mol. The molecule has 0 saturated heterocycles. The molecule has 0 saturated carbocycles. The number of hydrazine groups is 1. The molecule has 0 unspecified atom stereocenters. The Morgan fingerprint density at radius 3 is 2.71 bits per heavy atom. The Morgan fingerprint density at radius 2 is 2.57 bits per heavy atom. The maximum Gasteiger partial charge on any atom is 0.114 e. The second kappa shape index (κ2) is 1.72. The molecule has 40 valence electrons. The van der Waals surface area contributed by atoms with Crippen LogP contribution in [0.4, 0.5) is 0 Å². The summed E-state index contributed by atoms with van der Waals surface area (Å²) >= 11 is 5.52. The first-order valence-corrected chi connectivity index (χ1v) is 2.56. The first-order valence-electron chi connectivity index (χ1n) is 2.18. The molecule has 0 aliphatic carbocycles. The van der Waals surface area contributed by atoms with Gasteiger partial charge in [0, 0.05) is 6.54 Å². The van der Waals surface area contributed by atoms with Crippen LogP contribution in [-0.4, -0.2) is 11.6 Å². The second-order valence-electron chi connectivity index (χ2n) is 1.51. The monoisotopic (exact) mass is 118 g/mol. The van der Waals surface area contributed by atoms with Crippen molar-refractivity contribution in [1.82, 2.24) is 5.01 Å². The smallest absolute Gasteiger partial charge is 0.114 e. The molecule has 2 nitrogen and oxygen atoms in total. The Kier molecular flexibility index (Phi) is 1.21. The van der Waals surface area contributed by atoms with Crippen molar-refractivity contribution in [2.75, 3.05) is 6.54 Å². The fourth-order valence-electron chi connectivity index (χ4n) is 0.547. The predicted molar refractivity (Wildman–Crippen MR) is 29.4 cm³/mol. The lowest BCUT2D eigenvalue weighted by molar-refractivity contribution is 0.417. The van der Waals surface area contributed by atoms with Gasteiger partial charge in [-0.05, 0) is 12.5 Å². The van der Waals surface area contributed by atoms with Crippen molar-refractivity contribution >= 4 is 11.6 Å². The highest BCUT2D eigenvalue weighted by molar-refractivity contribution is 6.29. The van der Waals surface area contributed by atoms with Gasteiger partial charge in [-0.25, -0.2) is 5.84 Å². The predicted octanol–water partition coefficient (Wildman–Crippen LogP) is 0.646. The minimum Gasteiger partial charge on any atom is -0.301 e. The van der Waals surface area contributed by atoms with Crippen LogP contribution in [0.1, 0.15) is 6.42 Å². The summed E-state index contributed by atoms with van der Waals surface area (Å²) in [6.45, 7) is 0.860. The lowest BCUT2D eigenvalue weighted by atomic mass is 10.5. The van der Waals surface area contributed by atoms with Crippen molar-refractivity contribution in [3.8, 4) is 0 Å². The molecule has 0 aromatic carbocycles. The first-order chi connectivity index (χ1) is 3.30. The zero-order chi connectivity index (χ0) is 5.28. The molecule has 0 aromatic heterocycles. The Bertz CT molecular complexity index is 99.9. The van der Waals surface area contributed by atoms with Gasteiger partial charge in [0.05, 0.1) is 0 Å². The molecule has 0 aromatic rings. The van der Waals surface area contributed by atoms with Crippen LogP contribution in [0.15, 0.2) is 11.2 Å². The summed E-state index contributed by atoms with van der Waals surface area (Å²) in [6.07, 6.45) is 2.89. The third kappa shape index (κ3) is 0.868. The van der Waals surface area contributed by atoms with Gasteiger partial charge in [0.1, 0.15) is 5.16 Å². The standard InChI is InChI=1S/C4H7ClN2/c5-4-2-1-3-7(4)6/h2H,1,3,6H2. The van der Waals surface area contributed by atoms with Crippen molar-refractivity contribution < 1.29 is 0 Å². The Morgan fingerprint density at radius 1 is 1.86 bits per heavy atom. The van der Waals surface area contributed by atoms with Crippen LogP contribution in [0, 0.1) is 0 Å². The molecule has 1 rings (SSSR count). The maximum absolute atomic E-state index is 5.52. The van der Waals surface area contributed by atoms with Crippen molar-refractivity contribution in [3.63, 3.8) is 0 Å². The highest BCUT2D eigenvalue weighted by atomic mass is 35.5. The van der Waals surface area contributed by atoms with Crippen molar-refractivity contribution in [2.24, 2.45) is 5.84 Å². The summed E-state index contributed by atoms with van der Waals surface area (Å²) in [4.78, 5) is 0. The number of halogens is 1. The minimum atomic E-state index is 0.667. The summed E-state index contributed by atoms with van der Waals surface area (Å²) in [5.74, 6) is 5.31. The van der Waals surface area contributed by atoms with Crippen LogP contribution in [-0.2, 0) is 0 Å². The van der Waals surface area contributed by atoms with Crippen molar-refractivity contribution in [3.05, 3.63) is 11.2 Å². The normalized spacial score (nSPS) is 20.3. The van der Waals surface area contributed by atoms with Gasteiger partial charge in [-0.2, -0.15) is 0 Å². The molecule has 2 N–H and O–H groups in total. The van der Waals surface area contributed by atoms with E-state index in [0.717, 1.165) is 13.0 Å². The zero-order valence-electron chi connectivity index (χ0n) is 3.89. The SMILES string of the molecule is NN1CCC=C1Cl. The number of nitrogens with zero attached hydrogens (tertiary/aromatic N) is 1. The number of rotatable bonds is 0. The first kappa shape index (κ1) is 4.94. The number of nitrogens with two attached hydrogens (primary N) is 1. The Hall–Kier alpha value is -0.210. The van der Waals surface area contributed by atoms with E-state index in [1.54, 1.807) is 0 Å². The minimum absolute atomic E-state index is 0.667. The molecule has 0 spiro atoms. The van der Waals surface area contributed by atoms with Crippen LogP contribution < -0.4 is 5.84 Å². The van der Waals surface area contributed by atoms with Crippen LogP contribution in [0.2, 0.25) is 0 Å². The lowest BCUT2D eigenvalue weighted by Crippen LogP contribution is -2.24. The average Bonchev–Trinajstić information content (AvgIpc) is 1.91. The summed E-state index contributed by atoms with van der Waals surface area (Å²) in [5.41, 5.74) is 0. The molecule has 0 amide bonds. The third-order valence-electron chi connectivity index (χ3n) is 0.957. The van der Waals surface area contributed by atoms with Gasteiger partial charge in [-0.15, -0.1) is 0 Å². The maximum atomic E-state index is 5.52. The molecule has 0 fully saturated rings. The van der Waals surface area contributed by atoms with E-state index in [0.29, 0.717) is 5.16 Å². The number of hydrogen-bond acceptors (Lipinski definition) is 2. The second-order valence-corrected chi connectivity index (χ2v) is 1.90. The summed E-state index contributed by atoms with van der Waals surface area (Å²) in [5, 5.41) is 2.20. The topological polar surface area (TPSA) is 29.3 Å². The highest BCUT2D eigenvalue weighted by Gasteiger charge is 2.05. The Labute approximate surface area is 47.5 Å². The molecule has 0 atom stereocenters. The van der Waals surface area contributed by atoms with Gasteiger partial charge >= 0.3 is 0 Å². The molecule has 1 aliphatic rings. The number of hydrogen-bond donors (Lipinski definition) is 1. The van der Waals surface area contributed by atoms with E-state index in [1.165, 1.54) is 5.01 Å². The van der Waals surface area contributed by atoms with E-state index in [9.17, 15) is 0 Å². The van der Waals surface area contributed by atoms with Crippen LogP contribution in [0.3, 0.4) is 0 Å². The van der Waals surface area contributed by atoms with E-state index in [1.807, 2.05) is 6.08 Å². The van der Waals surface area contributed by atoms with Crippen LogP contribution >= 0.6 is 11.6 Å². The van der Waals surface area contributed by atoms with E-state index < -0.39 is 0 Å². The Balaban J connectivity index is 2.54. The molecule has 1 heterocycles. The lowest BCUT2D eigenvalue weighted by Gasteiger charge is -2.07. The fourth-order valence-corrected chi connectivity index (χ4v) is 0.740. The zero-order valence-corrected chi connectivity index (χ0v) is 4.65. The molecule has 0 bridgehead atoms.